The molecule has 0 N–H and O–H groups in total. The van der Waals surface area contributed by atoms with Gasteiger partial charge in [0.05, 0.1) is 0 Å². The van der Waals surface area contributed by atoms with Gasteiger partial charge in [0, 0.05) is 24.4 Å². The molecule has 114 valence electrons. The summed E-state index contributed by atoms with van der Waals surface area (Å²) in [5, 5.41) is 0. The Balaban J connectivity index is 1.82. The van der Waals surface area contributed by atoms with Gasteiger partial charge in [-0.2, -0.15) is 0 Å². The summed E-state index contributed by atoms with van der Waals surface area (Å²) in [4.78, 5) is 20.2. The number of rotatable bonds is 3. The Kier molecular flexibility index (Phi) is 4.18. The number of aryl methyl sites for hydroxylation is 1. The van der Waals surface area contributed by atoms with Crippen molar-refractivity contribution in [3.63, 3.8) is 0 Å². The number of benzene rings is 1. The molecule has 0 radical (unpaired) electrons. The number of fused-ring (bicyclic) bond motifs is 1. The largest absolute Gasteiger partial charge is 0.427 e. The first kappa shape index (κ1) is 14.7. The second kappa shape index (κ2) is 6.26. The summed E-state index contributed by atoms with van der Waals surface area (Å²) in [5.41, 5.74) is 3.41. The molecule has 1 heterocycles. The molecule has 4 nitrogen and oxygen atoms in total. The second-order valence-corrected chi connectivity index (χ2v) is 5.80. The number of esters is 1. The van der Waals surface area contributed by atoms with Gasteiger partial charge in [-0.25, -0.2) is 9.97 Å². The lowest BCUT2D eigenvalue weighted by Crippen LogP contribution is -2.15. The maximum atomic E-state index is 10.9. The van der Waals surface area contributed by atoms with Crippen LogP contribution < -0.4 is 4.74 Å². The van der Waals surface area contributed by atoms with Crippen molar-refractivity contribution in [1.29, 1.82) is 0 Å². The molecule has 1 unspecified atom stereocenters. The smallest absolute Gasteiger partial charge is 0.308 e. The highest BCUT2D eigenvalue weighted by Crippen LogP contribution is 2.28. The highest BCUT2D eigenvalue weighted by molar-refractivity contribution is 5.69. The van der Waals surface area contributed by atoms with Crippen molar-refractivity contribution < 1.29 is 9.53 Å². The Bertz CT molecular complexity index is 680. The first-order valence-electron chi connectivity index (χ1n) is 7.79. The minimum absolute atomic E-state index is 0.316. The first-order valence-corrected chi connectivity index (χ1v) is 7.79. The van der Waals surface area contributed by atoms with Crippen LogP contribution in [-0.4, -0.2) is 15.9 Å². The fourth-order valence-corrected chi connectivity index (χ4v) is 2.91. The molecule has 1 aromatic carbocycles. The second-order valence-electron chi connectivity index (χ2n) is 5.80. The van der Waals surface area contributed by atoms with Gasteiger partial charge in [0.25, 0.3) is 0 Å². The molecule has 1 aromatic heterocycles. The van der Waals surface area contributed by atoms with Crippen molar-refractivity contribution in [3.05, 3.63) is 41.7 Å². The zero-order valence-corrected chi connectivity index (χ0v) is 13.0. The lowest BCUT2D eigenvalue weighted by Gasteiger charge is -2.22. The summed E-state index contributed by atoms with van der Waals surface area (Å²) < 4.78 is 5.04. The van der Waals surface area contributed by atoms with E-state index in [1.54, 1.807) is 12.1 Å². The monoisotopic (exact) mass is 296 g/mol. The average molecular weight is 296 g/mol. The summed E-state index contributed by atoms with van der Waals surface area (Å²) in [6.07, 6.45) is 6.54. The normalized spacial score (nSPS) is 16.9. The first-order chi connectivity index (χ1) is 10.7. The van der Waals surface area contributed by atoms with Crippen LogP contribution >= 0.6 is 0 Å². The average Bonchev–Trinajstić information content (AvgIpc) is 2.54. The number of carbonyl (C=O) groups is 1. The van der Waals surface area contributed by atoms with Crippen LogP contribution in [-0.2, 0) is 17.6 Å². The topological polar surface area (TPSA) is 52.1 Å². The molecule has 4 heteroatoms. The van der Waals surface area contributed by atoms with E-state index in [0.717, 1.165) is 30.1 Å². The van der Waals surface area contributed by atoms with Gasteiger partial charge in [0.2, 0.25) is 0 Å². The molecule has 22 heavy (non-hydrogen) atoms. The van der Waals surface area contributed by atoms with Crippen molar-refractivity contribution in [1.82, 2.24) is 9.97 Å². The number of hydrogen-bond acceptors (Lipinski definition) is 4. The predicted molar refractivity (Wildman–Crippen MR) is 84.6 cm³/mol. The molecular weight excluding hydrogens is 276 g/mol. The van der Waals surface area contributed by atoms with Gasteiger partial charge in [-0.15, -0.1) is 0 Å². The molecule has 0 spiro atoms. The van der Waals surface area contributed by atoms with Crippen LogP contribution in [0.3, 0.4) is 0 Å². The maximum Gasteiger partial charge on any atom is 0.308 e. The number of carbonyl (C=O) groups excluding carboxylic acids is 1. The molecule has 0 fully saturated rings. The highest BCUT2D eigenvalue weighted by Gasteiger charge is 2.19. The quantitative estimate of drug-likeness (QED) is 0.641. The van der Waals surface area contributed by atoms with Crippen LogP contribution in [0.2, 0.25) is 0 Å². The Labute approximate surface area is 130 Å². The zero-order valence-electron chi connectivity index (χ0n) is 13.0. The van der Waals surface area contributed by atoms with E-state index in [1.165, 1.54) is 31.0 Å². The summed E-state index contributed by atoms with van der Waals surface area (Å²) in [7, 11) is 0. The third-order valence-corrected chi connectivity index (χ3v) is 4.20. The van der Waals surface area contributed by atoms with E-state index in [2.05, 4.69) is 11.9 Å². The molecule has 1 aliphatic rings. The van der Waals surface area contributed by atoms with Crippen LogP contribution in [0.15, 0.2) is 30.5 Å². The van der Waals surface area contributed by atoms with E-state index >= 15 is 0 Å². The summed E-state index contributed by atoms with van der Waals surface area (Å²) in [6, 6.07) is 7.31. The Morgan fingerprint density at radius 3 is 2.77 bits per heavy atom. The molecule has 3 rings (SSSR count). The number of hydrogen-bond donors (Lipinski definition) is 0. The van der Waals surface area contributed by atoms with Gasteiger partial charge in [-0.3, -0.25) is 4.79 Å². The van der Waals surface area contributed by atoms with Crippen LogP contribution in [0.5, 0.6) is 5.75 Å². The molecule has 0 saturated carbocycles. The van der Waals surface area contributed by atoms with Gasteiger partial charge in [0.1, 0.15) is 5.75 Å². The summed E-state index contributed by atoms with van der Waals surface area (Å²) in [6.45, 7) is 3.64. The molecule has 0 amide bonds. The minimum atomic E-state index is -0.316. The fourth-order valence-electron chi connectivity index (χ4n) is 2.91. The van der Waals surface area contributed by atoms with Crippen molar-refractivity contribution >= 4 is 5.97 Å². The Morgan fingerprint density at radius 1 is 1.32 bits per heavy atom. The van der Waals surface area contributed by atoms with Crippen LogP contribution in [0.1, 0.15) is 37.9 Å². The van der Waals surface area contributed by atoms with Gasteiger partial charge in [-0.1, -0.05) is 13.3 Å². The van der Waals surface area contributed by atoms with E-state index in [1.807, 2.05) is 18.3 Å². The molecule has 1 atom stereocenters. The maximum absolute atomic E-state index is 10.9. The zero-order chi connectivity index (χ0) is 15.5. The lowest BCUT2D eigenvalue weighted by atomic mass is 9.86. The summed E-state index contributed by atoms with van der Waals surface area (Å²) in [5.74, 6) is 1.73. The standard InChI is InChI=1S/C18H20N2O2/c1-3-13-4-9-17-15(10-13)11-19-18(20-17)14-5-7-16(8-6-14)22-12(2)21/h5-8,11,13H,3-4,9-10H2,1-2H3. The number of aromatic nitrogens is 2. The SMILES string of the molecule is CCC1CCc2nc(-c3ccc(OC(C)=O)cc3)ncc2C1. The van der Waals surface area contributed by atoms with Crippen molar-refractivity contribution in [2.24, 2.45) is 5.92 Å². The van der Waals surface area contributed by atoms with Crippen LogP contribution in [0.4, 0.5) is 0 Å². The van der Waals surface area contributed by atoms with E-state index in [-0.39, 0.29) is 5.97 Å². The highest BCUT2D eigenvalue weighted by atomic mass is 16.5. The van der Waals surface area contributed by atoms with E-state index in [9.17, 15) is 4.79 Å². The predicted octanol–water partition coefficient (Wildman–Crippen LogP) is 3.58. The molecule has 2 aromatic rings. The molecule has 0 saturated heterocycles. The molecule has 0 aliphatic heterocycles. The van der Waals surface area contributed by atoms with Crippen LogP contribution in [0, 0.1) is 5.92 Å². The number of ether oxygens (including phenoxy) is 1. The van der Waals surface area contributed by atoms with E-state index in [4.69, 9.17) is 9.72 Å². The fraction of sp³-hybridized carbons (Fsp3) is 0.389. The van der Waals surface area contributed by atoms with Crippen molar-refractivity contribution in [2.75, 3.05) is 0 Å². The molecular formula is C18H20N2O2. The van der Waals surface area contributed by atoms with E-state index < -0.39 is 0 Å². The van der Waals surface area contributed by atoms with Crippen molar-refractivity contribution in [2.45, 2.75) is 39.5 Å². The number of nitrogens with zero attached hydrogens (tertiary/aromatic N) is 2. The van der Waals surface area contributed by atoms with E-state index in [0.29, 0.717) is 5.75 Å². The third-order valence-electron chi connectivity index (χ3n) is 4.20. The molecule has 0 bridgehead atoms. The third kappa shape index (κ3) is 3.16. The Morgan fingerprint density at radius 2 is 2.09 bits per heavy atom. The summed E-state index contributed by atoms with van der Waals surface area (Å²) >= 11 is 0. The lowest BCUT2D eigenvalue weighted by molar-refractivity contribution is -0.131. The van der Waals surface area contributed by atoms with Crippen LogP contribution in [0.25, 0.3) is 11.4 Å². The van der Waals surface area contributed by atoms with Crippen molar-refractivity contribution in [3.8, 4) is 17.1 Å². The van der Waals surface area contributed by atoms with Gasteiger partial charge >= 0.3 is 5.97 Å². The van der Waals surface area contributed by atoms with Gasteiger partial charge in [0.15, 0.2) is 5.82 Å². The Hall–Kier alpha value is -2.23. The van der Waals surface area contributed by atoms with Gasteiger partial charge < -0.3 is 4.74 Å². The molecule has 1 aliphatic carbocycles. The minimum Gasteiger partial charge on any atom is -0.427 e. The van der Waals surface area contributed by atoms with Gasteiger partial charge in [-0.05, 0) is 55.0 Å².